The molecule has 4 saturated heterocycles. The lowest BCUT2D eigenvalue weighted by Gasteiger charge is -2.50. The topological polar surface area (TPSA) is 92.3 Å². The van der Waals surface area contributed by atoms with Gasteiger partial charge in [0, 0.05) is 17.7 Å². The minimum Gasteiger partial charge on any atom is -0.368 e. The van der Waals surface area contributed by atoms with Gasteiger partial charge in [-0.05, 0) is 44.0 Å². The summed E-state index contributed by atoms with van der Waals surface area (Å²) in [7, 11) is 1.59. The molecule has 0 N–H and O–H groups in total. The lowest BCUT2D eigenvalue weighted by molar-refractivity contribution is -0.388. The van der Waals surface area contributed by atoms with E-state index in [9.17, 15) is 0 Å². The third kappa shape index (κ3) is 7.50. The van der Waals surface area contributed by atoms with E-state index in [2.05, 4.69) is 0 Å². The van der Waals surface area contributed by atoms with Gasteiger partial charge < -0.3 is 47.4 Å². The maximum atomic E-state index is 6.86. The maximum Gasteiger partial charge on any atom is 0.187 e. The molecule has 48 heavy (non-hydrogen) atoms. The quantitative estimate of drug-likeness (QED) is 0.256. The molecule has 4 heterocycles. The van der Waals surface area contributed by atoms with Crippen LogP contribution in [-0.2, 0) is 60.6 Å². The second-order valence-electron chi connectivity index (χ2n) is 13.0. The van der Waals surface area contributed by atoms with E-state index in [1.54, 1.807) is 7.11 Å². The predicted molar refractivity (Wildman–Crippen MR) is 174 cm³/mol. The Balaban J connectivity index is 1.20. The molecule has 0 spiro atoms. The lowest BCUT2D eigenvalue weighted by atomic mass is 9.96. The smallest absolute Gasteiger partial charge is 0.187 e. The van der Waals surface area contributed by atoms with Crippen molar-refractivity contribution >= 4 is 11.6 Å². The Bertz CT molecular complexity index is 1460. The normalized spacial score (nSPS) is 35.9. The molecule has 0 saturated carbocycles. The first-order valence-corrected chi connectivity index (χ1v) is 16.8. The zero-order chi connectivity index (χ0) is 33.3. The third-order valence-electron chi connectivity index (χ3n) is 9.09. The summed E-state index contributed by atoms with van der Waals surface area (Å²) in [6, 6.07) is 27.4. The van der Waals surface area contributed by atoms with E-state index in [0.717, 1.165) is 16.7 Å². The van der Waals surface area contributed by atoms with E-state index in [0.29, 0.717) is 18.2 Å². The third-order valence-corrected chi connectivity index (χ3v) is 9.34. The summed E-state index contributed by atoms with van der Waals surface area (Å²) in [4.78, 5) is 0. The van der Waals surface area contributed by atoms with Crippen LogP contribution < -0.4 is 0 Å². The van der Waals surface area contributed by atoms with Crippen LogP contribution in [0, 0.1) is 0 Å². The molecule has 258 valence electrons. The number of methoxy groups -OCH3 is 1. The number of rotatable bonds is 10. The Labute approximate surface area is 286 Å². The highest BCUT2D eigenvalue weighted by Gasteiger charge is 2.58. The van der Waals surface area contributed by atoms with Crippen molar-refractivity contribution in [3.8, 4) is 0 Å². The summed E-state index contributed by atoms with van der Waals surface area (Å²) in [5.74, 6) is -0.855. The fourth-order valence-corrected chi connectivity index (χ4v) is 6.92. The molecule has 0 aromatic heterocycles. The molecule has 4 aliphatic rings. The first-order chi connectivity index (χ1) is 23.3. The first kappa shape index (κ1) is 34.0. The molecule has 11 atom stereocenters. The predicted octanol–water partition coefficient (Wildman–Crippen LogP) is 5.95. The number of hydrogen-bond acceptors (Lipinski definition) is 10. The van der Waals surface area contributed by atoms with Gasteiger partial charge in [-0.2, -0.15) is 0 Å². The van der Waals surface area contributed by atoms with Gasteiger partial charge in [-0.3, -0.25) is 0 Å². The highest BCUT2D eigenvalue weighted by Crippen LogP contribution is 2.42. The van der Waals surface area contributed by atoms with Crippen LogP contribution in [0.3, 0.4) is 0 Å². The van der Waals surface area contributed by atoms with Crippen LogP contribution in [0.4, 0.5) is 0 Å². The van der Waals surface area contributed by atoms with Crippen LogP contribution >= 0.6 is 11.6 Å². The van der Waals surface area contributed by atoms with Gasteiger partial charge in [0.2, 0.25) is 0 Å². The van der Waals surface area contributed by atoms with E-state index in [-0.39, 0.29) is 6.61 Å². The van der Waals surface area contributed by atoms with E-state index in [1.165, 1.54) is 0 Å². The van der Waals surface area contributed by atoms with Crippen molar-refractivity contribution in [2.45, 2.75) is 107 Å². The number of halogens is 1. The van der Waals surface area contributed by atoms with Gasteiger partial charge in [-0.15, -0.1) is 0 Å². The van der Waals surface area contributed by atoms with Crippen LogP contribution in [0.15, 0.2) is 84.9 Å². The van der Waals surface area contributed by atoms with E-state index in [1.807, 2.05) is 106 Å². The highest BCUT2D eigenvalue weighted by atomic mass is 35.5. The highest BCUT2D eigenvalue weighted by molar-refractivity contribution is 6.30. The second kappa shape index (κ2) is 14.8. The molecule has 10 nitrogen and oxygen atoms in total. The monoisotopic (exact) mass is 682 g/mol. The van der Waals surface area contributed by atoms with Gasteiger partial charge in [0.1, 0.15) is 42.7 Å². The minimum atomic E-state index is -0.891. The lowest BCUT2D eigenvalue weighted by Crippen LogP contribution is -2.66. The Morgan fingerprint density at radius 2 is 1.33 bits per heavy atom. The summed E-state index contributed by atoms with van der Waals surface area (Å²) in [6.45, 7) is 6.55. The van der Waals surface area contributed by atoms with E-state index >= 15 is 0 Å². The number of ether oxygens (including phenoxy) is 10. The average Bonchev–Trinajstić information content (AvgIpc) is 3.43. The summed E-state index contributed by atoms with van der Waals surface area (Å²) in [5, 5.41) is 0.631. The van der Waals surface area contributed by atoms with Gasteiger partial charge in [0.15, 0.2) is 24.7 Å². The van der Waals surface area contributed by atoms with Gasteiger partial charge in [-0.1, -0.05) is 84.4 Å². The molecular formula is C37H43ClO10. The average molecular weight is 683 g/mol. The van der Waals surface area contributed by atoms with Crippen LogP contribution in [0.25, 0.3) is 0 Å². The molecular weight excluding hydrogens is 640 g/mol. The summed E-state index contributed by atoms with van der Waals surface area (Å²) < 4.78 is 64.3. The molecule has 0 aliphatic carbocycles. The zero-order valence-electron chi connectivity index (χ0n) is 27.5. The molecule has 0 amide bonds. The Morgan fingerprint density at radius 1 is 0.708 bits per heavy atom. The fourth-order valence-electron chi connectivity index (χ4n) is 6.79. The van der Waals surface area contributed by atoms with Crippen LogP contribution in [0.5, 0.6) is 0 Å². The molecule has 4 fully saturated rings. The Kier molecular flexibility index (Phi) is 10.5. The van der Waals surface area contributed by atoms with Gasteiger partial charge in [0.05, 0.1) is 25.9 Å². The maximum absolute atomic E-state index is 6.86. The van der Waals surface area contributed by atoms with Crippen molar-refractivity contribution in [2.24, 2.45) is 0 Å². The largest absolute Gasteiger partial charge is 0.368 e. The minimum absolute atomic E-state index is 0.246. The number of hydrogen-bond donors (Lipinski definition) is 0. The van der Waals surface area contributed by atoms with Crippen LogP contribution in [-0.4, -0.2) is 80.9 Å². The van der Waals surface area contributed by atoms with Crippen molar-refractivity contribution in [2.75, 3.05) is 13.7 Å². The molecule has 3 aromatic carbocycles. The molecule has 11 heteroatoms. The molecule has 1 unspecified atom stereocenters. The Morgan fingerprint density at radius 3 is 1.98 bits per heavy atom. The number of fused-ring (bicyclic) bond motifs is 2. The molecule has 3 aromatic rings. The summed E-state index contributed by atoms with van der Waals surface area (Å²) in [5.41, 5.74) is 2.86. The standard InChI is InChI=1S/C37H43ClO10/c1-22-28(31-33(35(39-4)43-22)48-37(2,3)47-31)45-36-32(41-20-24-13-9-6-10-14-24)30(40-19-23-11-7-5-8-12-23)29-27(44-36)21-42-34(46-29)25-15-17-26(38)18-16-25/h5-18,22,27-36H,19-21H2,1-4H3/t22-,27+,28-,29+,30-,31+,32-,33+,34?,35+,36-/m0/s1. The molecule has 4 aliphatic heterocycles. The zero-order valence-corrected chi connectivity index (χ0v) is 28.3. The molecule has 0 radical (unpaired) electrons. The van der Waals surface area contributed by atoms with Crippen molar-refractivity contribution in [1.82, 2.24) is 0 Å². The SMILES string of the molecule is CO[C@@H]1O[C@@H](C)[C@H](O[C@@H]2O[C@@H]3COC(c4ccc(Cl)cc4)O[C@H]3[C@H](OCc3ccccc3)[C@@H]2OCc2ccccc2)[C@H]2OC(C)(C)O[C@@H]12. The van der Waals surface area contributed by atoms with Crippen molar-refractivity contribution in [3.63, 3.8) is 0 Å². The fraction of sp³-hybridized carbons (Fsp3) is 0.514. The van der Waals surface area contributed by atoms with Crippen molar-refractivity contribution in [1.29, 1.82) is 0 Å². The van der Waals surface area contributed by atoms with Crippen molar-refractivity contribution in [3.05, 3.63) is 107 Å². The van der Waals surface area contributed by atoms with Crippen LogP contribution in [0.1, 0.15) is 43.8 Å². The second-order valence-corrected chi connectivity index (χ2v) is 13.4. The summed E-state index contributed by atoms with van der Waals surface area (Å²) in [6.07, 6.45) is -6.49. The van der Waals surface area contributed by atoms with Crippen LogP contribution in [0.2, 0.25) is 5.02 Å². The van der Waals surface area contributed by atoms with E-state index in [4.69, 9.17) is 59.0 Å². The molecule has 7 rings (SSSR count). The van der Waals surface area contributed by atoms with Gasteiger partial charge in [0.25, 0.3) is 0 Å². The van der Waals surface area contributed by atoms with Gasteiger partial charge in [-0.25, -0.2) is 0 Å². The summed E-state index contributed by atoms with van der Waals surface area (Å²) >= 11 is 6.18. The number of benzene rings is 3. The molecule has 0 bridgehead atoms. The Hall–Kier alpha value is -2.45. The van der Waals surface area contributed by atoms with Gasteiger partial charge >= 0.3 is 0 Å². The van der Waals surface area contributed by atoms with Crippen molar-refractivity contribution < 1.29 is 47.4 Å². The first-order valence-electron chi connectivity index (χ1n) is 16.5. The van der Waals surface area contributed by atoms with E-state index < -0.39 is 73.5 Å².